The molecule has 1 aromatic carbocycles. The molecule has 1 saturated heterocycles. The van der Waals surface area contributed by atoms with Gasteiger partial charge in [-0.3, -0.25) is 0 Å². The number of halogens is 1. The summed E-state index contributed by atoms with van der Waals surface area (Å²) in [5.41, 5.74) is 14.4. The highest BCUT2D eigenvalue weighted by Gasteiger charge is 2.56. The van der Waals surface area contributed by atoms with Crippen LogP contribution in [0.2, 0.25) is 5.02 Å². The molecule has 3 aromatic rings. The molecule has 2 aromatic heterocycles. The molecule has 0 amide bonds. The number of hydrogen-bond donors (Lipinski definition) is 3. The number of nitrogens with zero attached hydrogens (tertiary/aromatic N) is 5. The first-order valence-electron chi connectivity index (χ1n) is 13.2. The molecular formula is C28H33ClN8O2S2. The largest absolute Gasteiger partial charge is 0.598 e. The van der Waals surface area contributed by atoms with Crippen molar-refractivity contribution in [3.05, 3.63) is 58.4 Å². The Labute approximate surface area is 252 Å². The third-order valence-electron chi connectivity index (χ3n) is 7.76. The van der Waals surface area contributed by atoms with Crippen molar-refractivity contribution in [3.63, 3.8) is 0 Å². The Balaban J connectivity index is 1.45. The lowest BCUT2D eigenvalue weighted by atomic mass is 9.71. The number of piperidine rings is 1. The molecule has 3 heterocycles. The van der Waals surface area contributed by atoms with E-state index in [9.17, 15) is 9.81 Å². The van der Waals surface area contributed by atoms with E-state index in [2.05, 4.69) is 37.9 Å². The molecule has 41 heavy (non-hydrogen) atoms. The summed E-state index contributed by atoms with van der Waals surface area (Å²) in [6.07, 6.45) is 2.80. The van der Waals surface area contributed by atoms with Gasteiger partial charge in [0, 0.05) is 48.1 Å². The Kier molecular flexibility index (Phi) is 8.31. The first-order valence-corrected chi connectivity index (χ1v) is 15.5. The summed E-state index contributed by atoms with van der Waals surface area (Å²) in [5, 5.41) is 10.7. The van der Waals surface area contributed by atoms with Crippen LogP contribution >= 0.6 is 23.4 Å². The van der Waals surface area contributed by atoms with Gasteiger partial charge in [0.1, 0.15) is 21.7 Å². The number of nitrogens with one attached hydrogen (secondary N) is 1. The predicted molar refractivity (Wildman–Crippen MR) is 163 cm³/mol. The Bertz CT molecular complexity index is 1500. The number of benzene rings is 1. The van der Waals surface area contributed by atoms with Crippen LogP contribution in [0.5, 0.6) is 0 Å². The summed E-state index contributed by atoms with van der Waals surface area (Å²) in [6.45, 7) is 6.95. The number of methoxy groups -OCH3 is 1. The van der Waals surface area contributed by atoms with Crippen LogP contribution in [0.25, 0.3) is 0 Å². The topological polar surface area (TPSA) is 162 Å². The summed E-state index contributed by atoms with van der Waals surface area (Å²) in [5.74, 6) is 0.782. The average molecular weight is 613 g/mol. The zero-order valence-electron chi connectivity index (χ0n) is 23.3. The van der Waals surface area contributed by atoms with Gasteiger partial charge in [0.15, 0.2) is 17.3 Å². The molecule has 216 valence electrons. The number of ether oxygens (including phenoxy) is 1. The van der Waals surface area contributed by atoms with E-state index in [1.807, 2.05) is 37.8 Å². The van der Waals surface area contributed by atoms with Crippen molar-refractivity contribution in [2.45, 2.75) is 60.4 Å². The molecule has 5 N–H and O–H groups in total. The molecule has 0 bridgehead atoms. The molecular weight excluding hydrogens is 580 g/mol. The molecule has 0 radical (unpaired) electrons. The fourth-order valence-corrected chi connectivity index (χ4v) is 7.61. The second-order valence-corrected chi connectivity index (χ2v) is 14.7. The van der Waals surface area contributed by atoms with Crippen molar-refractivity contribution in [1.82, 2.24) is 19.7 Å². The lowest BCUT2D eigenvalue weighted by Crippen LogP contribution is -2.57. The second-order valence-electron chi connectivity index (χ2n) is 11.3. The van der Waals surface area contributed by atoms with Crippen LogP contribution in [0.15, 0.2) is 46.5 Å². The van der Waals surface area contributed by atoms with Gasteiger partial charge in [0.2, 0.25) is 0 Å². The molecule has 1 fully saturated rings. The number of nitrogens with two attached hydrogens (primary N) is 2. The number of rotatable bonds is 6. The van der Waals surface area contributed by atoms with E-state index < -0.39 is 16.1 Å². The first-order chi connectivity index (χ1) is 19.5. The Morgan fingerprint density at radius 2 is 2.00 bits per heavy atom. The summed E-state index contributed by atoms with van der Waals surface area (Å²) < 4.78 is 22.5. The standard InChI is InChI=1S/C28H33ClN8O2S2/c1-27(2,3)41(38)36-22-17-8-6-5-7-16(17)13-28(22)10-12-37(15-20(28)39-4)25-18(14-30)34-26(24(32)35-25)40-19-9-11-33-23(31)21(19)29/h5-9,11,20,22,36H,10,12-13,15H2,1-4H3,(H2,31,33)(H2,32,35)/t20-,22-,28+,41+/m0/s1. The maximum absolute atomic E-state index is 13.3. The highest BCUT2D eigenvalue weighted by molar-refractivity contribution is 7.99. The average Bonchev–Trinajstić information content (AvgIpc) is 3.25. The number of nitriles is 1. The van der Waals surface area contributed by atoms with E-state index in [0.29, 0.717) is 40.3 Å². The SMILES string of the molecule is CO[C@H]1CN(c2nc(N)c(Sc3ccnc(N)c3Cl)nc2C#N)CC[C@@]12Cc1ccccc1[C@@H]2N[S@+]([O-])C(C)(C)C. The number of pyridine rings is 1. The Morgan fingerprint density at radius 1 is 1.24 bits per heavy atom. The van der Waals surface area contributed by atoms with Crippen molar-refractivity contribution in [3.8, 4) is 6.07 Å². The van der Waals surface area contributed by atoms with Gasteiger partial charge in [-0.05, 0) is 50.8 Å². The van der Waals surface area contributed by atoms with E-state index in [1.54, 1.807) is 19.4 Å². The summed E-state index contributed by atoms with van der Waals surface area (Å²) >= 11 is 6.21. The number of fused-ring (bicyclic) bond motifs is 1. The van der Waals surface area contributed by atoms with Crippen molar-refractivity contribution < 1.29 is 9.29 Å². The molecule has 4 atom stereocenters. The minimum Gasteiger partial charge on any atom is -0.598 e. The smallest absolute Gasteiger partial charge is 0.184 e. The zero-order valence-corrected chi connectivity index (χ0v) is 25.7. The van der Waals surface area contributed by atoms with Gasteiger partial charge >= 0.3 is 0 Å². The quantitative estimate of drug-likeness (QED) is 0.341. The summed E-state index contributed by atoms with van der Waals surface area (Å²) in [7, 11) is 1.70. The molecule has 5 rings (SSSR count). The molecule has 1 aliphatic heterocycles. The van der Waals surface area contributed by atoms with Gasteiger partial charge in [0.05, 0.1) is 17.2 Å². The van der Waals surface area contributed by atoms with Crippen molar-refractivity contribution >= 4 is 52.2 Å². The van der Waals surface area contributed by atoms with Crippen LogP contribution in [0.1, 0.15) is 50.1 Å². The molecule has 0 unspecified atom stereocenters. The minimum atomic E-state index is -1.28. The van der Waals surface area contributed by atoms with Crippen molar-refractivity contribution in [1.29, 1.82) is 5.26 Å². The summed E-state index contributed by atoms with van der Waals surface area (Å²) in [6, 6.07) is 12.0. The third-order valence-corrected chi connectivity index (χ3v) is 10.9. The highest BCUT2D eigenvalue weighted by atomic mass is 35.5. The van der Waals surface area contributed by atoms with E-state index in [0.717, 1.165) is 12.0 Å². The zero-order chi connectivity index (χ0) is 29.5. The number of anilines is 3. The maximum Gasteiger partial charge on any atom is 0.184 e. The van der Waals surface area contributed by atoms with Crippen LogP contribution in [0, 0.1) is 16.7 Å². The maximum atomic E-state index is 13.3. The molecule has 1 spiro atoms. The van der Waals surface area contributed by atoms with Gasteiger partial charge in [-0.2, -0.15) is 5.26 Å². The Morgan fingerprint density at radius 3 is 2.71 bits per heavy atom. The van der Waals surface area contributed by atoms with Crippen LogP contribution in [-0.4, -0.2) is 50.6 Å². The van der Waals surface area contributed by atoms with Crippen LogP contribution in [0.4, 0.5) is 17.5 Å². The lowest BCUT2D eigenvalue weighted by Gasteiger charge is -2.48. The molecule has 2 aliphatic rings. The van der Waals surface area contributed by atoms with E-state index >= 15 is 0 Å². The van der Waals surface area contributed by atoms with Crippen LogP contribution in [-0.2, 0) is 22.5 Å². The molecule has 1 aliphatic carbocycles. The fourth-order valence-electron chi connectivity index (χ4n) is 5.64. The van der Waals surface area contributed by atoms with Gasteiger partial charge in [0.25, 0.3) is 0 Å². The fraction of sp³-hybridized carbons (Fsp3) is 0.429. The van der Waals surface area contributed by atoms with Crippen molar-refractivity contribution in [2.75, 3.05) is 36.6 Å². The highest BCUT2D eigenvalue weighted by Crippen LogP contribution is 2.54. The lowest BCUT2D eigenvalue weighted by molar-refractivity contribution is -0.0376. The number of hydrogen-bond acceptors (Lipinski definition) is 11. The van der Waals surface area contributed by atoms with Gasteiger partial charge in [-0.1, -0.05) is 47.6 Å². The summed E-state index contributed by atoms with van der Waals surface area (Å²) in [4.78, 5) is 15.8. The molecule has 0 saturated carbocycles. The molecule has 10 nitrogen and oxygen atoms in total. The van der Waals surface area contributed by atoms with Crippen molar-refractivity contribution in [2.24, 2.45) is 5.41 Å². The normalized spacial score (nSPS) is 22.9. The third kappa shape index (κ3) is 5.55. The van der Waals surface area contributed by atoms with Gasteiger partial charge in [-0.15, -0.1) is 4.72 Å². The van der Waals surface area contributed by atoms with Crippen LogP contribution in [0.3, 0.4) is 0 Å². The van der Waals surface area contributed by atoms with E-state index in [4.69, 9.17) is 27.8 Å². The minimum absolute atomic E-state index is 0.156. The number of aromatic nitrogens is 3. The van der Waals surface area contributed by atoms with E-state index in [1.165, 1.54) is 17.3 Å². The Hall–Kier alpha value is -2.79. The van der Waals surface area contributed by atoms with E-state index in [-0.39, 0.29) is 34.9 Å². The van der Waals surface area contributed by atoms with Gasteiger partial charge in [-0.25, -0.2) is 15.0 Å². The number of nitrogen functional groups attached to an aromatic ring is 2. The first kappa shape index (κ1) is 29.7. The van der Waals surface area contributed by atoms with Gasteiger partial charge < -0.3 is 25.7 Å². The molecule has 13 heteroatoms. The monoisotopic (exact) mass is 612 g/mol. The predicted octanol–water partition coefficient (Wildman–Crippen LogP) is 4.27. The van der Waals surface area contributed by atoms with Crippen LogP contribution < -0.4 is 21.1 Å². The second kappa shape index (κ2) is 11.5.